The van der Waals surface area contributed by atoms with Crippen molar-refractivity contribution in [3.63, 3.8) is 0 Å². The second-order valence-corrected chi connectivity index (χ2v) is 10.5. The first-order chi connectivity index (χ1) is 18.3. The molecule has 0 aliphatic heterocycles. The third kappa shape index (κ3) is 8.00. The third-order valence-electron chi connectivity index (χ3n) is 5.57. The van der Waals surface area contributed by atoms with Crippen molar-refractivity contribution in [1.82, 2.24) is 20.3 Å². The molecule has 0 bridgehead atoms. The van der Waals surface area contributed by atoms with Gasteiger partial charge in [-0.05, 0) is 30.7 Å². The zero-order chi connectivity index (χ0) is 28.8. The average molecular weight is 568 g/mol. The molecule has 15 heteroatoms. The van der Waals surface area contributed by atoms with Gasteiger partial charge in [-0.15, -0.1) is 0 Å². The van der Waals surface area contributed by atoms with E-state index in [1.807, 2.05) is 0 Å². The second kappa shape index (κ2) is 12.3. The maximum Gasteiger partial charge on any atom is 0.433 e. The molecule has 3 rings (SSSR count). The molecular weight excluding hydrogens is 539 g/mol. The molecule has 1 atom stereocenters. The minimum absolute atomic E-state index is 0.0874. The fourth-order valence-corrected chi connectivity index (χ4v) is 3.82. The van der Waals surface area contributed by atoms with Gasteiger partial charge in [0.25, 0.3) is 5.91 Å². The predicted octanol–water partition coefficient (Wildman–Crippen LogP) is 3.14. The molecule has 1 aromatic carbocycles. The Kier molecular flexibility index (Phi) is 9.29. The van der Waals surface area contributed by atoms with Crippen LogP contribution in [-0.2, 0) is 22.7 Å². The molecule has 0 aliphatic rings. The van der Waals surface area contributed by atoms with Gasteiger partial charge in [0.1, 0.15) is 11.6 Å². The number of sulfonamides is 1. The number of nitrogens with one attached hydrogen (secondary N) is 3. The summed E-state index contributed by atoms with van der Waals surface area (Å²) >= 11 is 0. The first kappa shape index (κ1) is 29.6. The van der Waals surface area contributed by atoms with Gasteiger partial charge in [0.2, 0.25) is 16.0 Å². The first-order valence-corrected chi connectivity index (χ1v) is 13.5. The maximum atomic E-state index is 13.6. The monoisotopic (exact) mass is 567 g/mol. The molecule has 0 fully saturated rings. The van der Waals surface area contributed by atoms with E-state index in [0.29, 0.717) is 12.0 Å². The van der Waals surface area contributed by atoms with Gasteiger partial charge in [0, 0.05) is 42.7 Å². The van der Waals surface area contributed by atoms with Crippen molar-refractivity contribution in [2.45, 2.75) is 32.1 Å². The lowest BCUT2D eigenvalue weighted by Crippen LogP contribution is -2.36. The van der Waals surface area contributed by atoms with Crippen LogP contribution in [0.5, 0.6) is 0 Å². The normalized spacial score (nSPS) is 12.5. The van der Waals surface area contributed by atoms with Crippen molar-refractivity contribution in [2.75, 3.05) is 34.8 Å². The molecule has 39 heavy (non-hydrogen) atoms. The standard InChI is InChI=1S/C24H28F3N7O4S/c1-4-17(14-35)30-22(36)15-7-5-9-18(11-15)31-23-32-19(24(25,26)27)12-20(33-23)29-13-16-8-6-10-28-21(16)34(2)39(3,37)38/h5-12,17,35H,4,13-14H2,1-3H3,(H,30,36)(H2,29,31,32,33)/t17-/m0/s1. The Morgan fingerprint density at radius 3 is 2.54 bits per heavy atom. The molecule has 0 saturated carbocycles. The van der Waals surface area contributed by atoms with Gasteiger partial charge in [-0.2, -0.15) is 18.2 Å². The summed E-state index contributed by atoms with van der Waals surface area (Å²) in [5.74, 6) is -0.915. The lowest BCUT2D eigenvalue weighted by atomic mass is 10.1. The van der Waals surface area contributed by atoms with Crippen LogP contribution in [0.2, 0.25) is 0 Å². The lowest BCUT2D eigenvalue weighted by Gasteiger charge is -2.19. The fourth-order valence-electron chi connectivity index (χ4n) is 3.35. The second-order valence-electron chi connectivity index (χ2n) is 8.50. The predicted molar refractivity (Wildman–Crippen MR) is 140 cm³/mol. The lowest BCUT2D eigenvalue weighted by molar-refractivity contribution is -0.141. The van der Waals surface area contributed by atoms with Crippen LogP contribution >= 0.6 is 0 Å². The number of aliphatic hydroxyl groups excluding tert-OH is 1. The number of benzene rings is 1. The number of pyridine rings is 1. The van der Waals surface area contributed by atoms with Gasteiger partial charge in [-0.1, -0.05) is 19.1 Å². The van der Waals surface area contributed by atoms with Crippen LogP contribution in [0, 0.1) is 0 Å². The van der Waals surface area contributed by atoms with Crippen LogP contribution < -0.4 is 20.3 Å². The van der Waals surface area contributed by atoms with E-state index in [9.17, 15) is 31.5 Å². The topological polar surface area (TPSA) is 149 Å². The number of rotatable bonds is 11. The largest absolute Gasteiger partial charge is 0.433 e. The van der Waals surface area contributed by atoms with E-state index in [1.165, 1.54) is 37.5 Å². The minimum atomic E-state index is -4.78. The van der Waals surface area contributed by atoms with Crippen LogP contribution in [-0.4, -0.2) is 60.3 Å². The van der Waals surface area contributed by atoms with Gasteiger partial charge >= 0.3 is 6.18 Å². The summed E-state index contributed by atoms with van der Waals surface area (Å²) in [5.41, 5.74) is -0.338. The number of aliphatic hydroxyl groups is 1. The Bertz CT molecular complexity index is 1420. The minimum Gasteiger partial charge on any atom is -0.394 e. The SMILES string of the molecule is CC[C@@H](CO)NC(=O)c1cccc(Nc2nc(NCc3cccnc3N(C)S(C)(=O)=O)cc(C(F)(F)F)n2)c1. The van der Waals surface area contributed by atoms with E-state index < -0.39 is 33.8 Å². The number of anilines is 4. The summed E-state index contributed by atoms with van der Waals surface area (Å²) in [4.78, 5) is 24.2. The maximum absolute atomic E-state index is 13.6. The molecule has 0 radical (unpaired) electrons. The number of nitrogens with zero attached hydrogens (tertiary/aromatic N) is 4. The van der Waals surface area contributed by atoms with E-state index in [0.717, 1.165) is 16.6 Å². The molecule has 0 spiro atoms. The first-order valence-electron chi connectivity index (χ1n) is 11.7. The van der Waals surface area contributed by atoms with Crippen LogP contribution in [0.4, 0.5) is 36.4 Å². The highest BCUT2D eigenvalue weighted by Crippen LogP contribution is 2.31. The number of halogens is 3. The average Bonchev–Trinajstić information content (AvgIpc) is 2.89. The molecule has 4 N–H and O–H groups in total. The Balaban J connectivity index is 1.87. The Labute approximate surface area is 223 Å². The van der Waals surface area contributed by atoms with Crippen molar-refractivity contribution in [3.8, 4) is 0 Å². The molecule has 2 aromatic heterocycles. The van der Waals surface area contributed by atoms with E-state index in [1.54, 1.807) is 19.1 Å². The number of amides is 1. The van der Waals surface area contributed by atoms with Crippen LogP contribution in [0.3, 0.4) is 0 Å². The molecule has 3 aromatic rings. The zero-order valence-corrected chi connectivity index (χ0v) is 22.1. The van der Waals surface area contributed by atoms with Gasteiger partial charge in [-0.3, -0.25) is 9.10 Å². The van der Waals surface area contributed by atoms with Crippen LogP contribution in [0.25, 0.3) is 0 Å². The summed E-state index contributed by atoms with van der Waals surface area (Å²) in [7, 11) is -2.31. The van der Waals surface area contributed by atoms with Crippen molar-refractivity contribution in [1.29, 1.82) is 0 Å². The molecular formula is C24H28F3N7O4S. The molecule has 1 amide bonds. The van der Waals surface area contributed by atoms with E-state index in [-0.39, 0.29) is 42.0 Å². The molecule has 210 valence electrons. The number of alkyl halides is 3. The quantitative estimate of drug-likeness (QED) is 0.274. The number of carbonyl (C=O) groups excluding carboxylic acids is 1. The number of hydrogen-bond acceptors (Lipinski definition) is 9. The Morgan fingerprint density at radius 2 is 1.90 bits per heavy atom. The number of aromatic nitrogens is 3. The van der Waals surface area contributed by atoms with Crippen molar-refractivity contribution >= 4 is 39.2 Å². The molecule has 0 aliphatic carbocycles. The third-order valence-corrected chi connectivity index (χ3v) is 6.74. The van der Waals surface area contributed by atoms with E-state index >= 15 is 0 Å². The van der Waals surface area contributed by atoms with Gasteiger partial charge in [0.05, 0.1) is 18.9 Å². The van der Waals surface area contributed by atoms with Crippen molar-refractivity contribution in [3.05, 3.63) is 65.5 Å². The molecule has 2 heterocycles. The molecule has 0 unspecified atom stereocenters. The zero-order valence-electron chi connectivity index (χ0n) is 21.3. The Morgan fingerprint density at radius 1 is 1.15 bits per heavy atom. The smallest absolute Gasteiger partial charge is 0.394 e. The van der Waals surface area contributed by atoms with E-state index in [2.05, 4.69) is 30.9 Å². The summed E-state index contributed by atoms with van der Waals surface area (Å²) in [6.07, 6.45) is -1.87. The van der Waals surface area contributed by atoms with Gasteiger partial charge in [-0.25, -0.2) is 18.4 Å². The van der Waals surface area contributed by atoms with Crippen LogP contribution in [0.15, 0.2) is 48.7 Å². The highest BCUT2D eigenvalue weighted by molar-refractivity contribution is 7.92. The van der Waals surface area contributed by atoms with Crippen molar-refractivity contribution in [2.24, 2.45) is 0 Å². The highest BCUT2D eigenvalue weighted by atomic mass is 32.2. The summed E-state index contributed by atoms with van der Waals surface area (Å²) in [6.45, 7) is 1.48. The highest BCUT2D eigenvalue weighted by Gasteiger charge is 2.34. The number of hydrogen-bond donors (Lipinski definition) is 4. The van der Waals surface area contributed by atoms with Crippen molar-refractivity contribution < 1.29 is 31.5 Å². The summed E-state index contributed by atoms with van der Waals surface area (Å²) in [5, 5.41) is 17.4. The van der Waals surface area contributed by atoms with Gasteiger partial charge in [0.15, 0.2) is 5.69 Å². The molecule has 0 saturated heterocycles. The molecule has 11 nitrogen and oxygen atoms in total. The van der Waals surface area contributed by atoms with Crippen LogP contribution in [0.1, 0.15) is 35.0 Å². The summed E-state index contributed by atoms with van der Waals surface area (Å²) in [6, 6.07) is 9.43. The number of carbonyl (C=O) groups is 1. The van der Waals surface area contributed by atoms with Gasteiger partial charge < -0.3 is 21.1 Å². The summed E-state index contributed by atoms with van der Waals surface area (Å²) < 4.78 is 65.7. The van der Waals surface area contributed by atoms with E-state index in [4.69, 9.17) is 0 Å². The Hall–Kier alpha value is -3.98. The fraction of sp³-hybridized carbons (Fsp3) is 0.333.